The molecule has 0 bridgehead atoms. The number of hydrogen-bond donors (Lipinski definition) is 1. The van der Waals surface area contributed by atoms with Crippen molar-refractivity contribution in [2.24, 2.45) is 0 Å². The van der Waals surface area contributed by atoms with Gasteiger partial charge in [0.15, 0.2) is 0 Å². The van der Waals surface area contributed by atoms with Crippen molar-refractivity contribution in [3.63, 3.8) is 0 Å². The summed E-state index contributed by atoms with van der Waals surface area (Å²) < 4.78 is 5.73. The summed E-state index contributed by atoms with van der Waals surface area (Å²) in [6, 6.07) is 8.79. The molecule has 2 heterocycles. The molecular formula is C21H34N4O2. The van der Waals surface area contributed by atoms with Crippen LogP contribution in [0.2, 0.25) is 0 Å². The fourth-order valence-corrected chi connectivity index (χ4v) is 3.89. The highest BCUT2D eigenvalue weighted by Gasteiger charge is 2.31. The zero-order valence-corrected chi connectivity index (χ0v) is 16.8. The van der Waals surface area contributed by atoms with E-state index in [1.54, 1.807) is 0 Å². The number of nitrogens with zero attached hydrogens (tertiary/aromatic N) is 3. The second-order valence-corrected chi connectivity index (χ2v) is 7.70. The van der Waals surface area contributed by atoms with Gasteiger partial charge >= 0.3 is 6.03 Å². The Labute approximate surface area is 163 Å². The van der Waals surface area contributed by atoms with Crippen LogP contribution in [0, 0.1) is 0 Å². The van der Waals surface area contributed by atoms with Crippen molar-refractivity contribution in [3.05, 3.63) is 29.8 Å². The SMILES string of the molecule is CCCc1ccc(OCCNC(=O)N2CC[C@@H](N3CCN(C)CC3)C2)cc1. The predicted molar refractivity (Wildman–Crippen MR) is 108 cm³/mol. The summed E-state index contributed by atoms with van der Waals surface area (Å²) in [4.78, 5) is 19.2. The van der Waals surface area contributed by atoms with E-state index in [1.165, 1.54) is 5.56 Å². The van der Waals surface area contributed by atoms with E-state index in [9.17, 15) is 4.79 Å². The quantitative estimate of drug-likeness (QED) is 0.742. The van der Waals surface area contributed by atoms with E-state index in [0.29, 0.717) is 19.2 Å². The maximum absolute atomic E-state index is 12.4. The first-order valence-electron chi connectivity index (χ1n) is 10.3. The summed E-state index contributed by atoms with van der Waals surface area (Å²) in [6.45, 7) is 9.38. The Bertz CT molecular complexity index is 584. The Morgan fingerprint density at radius 3 is 2.59 bits per heavy atom. The first-order chi connectivity index (χ1) is 13.2. The van der Waals surface area contributed by atoms with Crippen molar-refractivity contribution in [2.45, 2.75) is 32.2 Å². The molecule has 27 heavy (non-hydrogen) atoms. The van der Waals surface area contributed by atoms with Gasteiger partial charge in [0.2, 0.25) is 0 Å². The fraction of sp³-hybridized carbons (Fsp3) is 0.667. The van der Waals surface area contributed by atoms with Gasteiger partial charge in [-0.15, -0.1) is 0 Å². The lowest BCUT2D eigenvalue weighted by atomic mass is 10.1. The Morgan fingerprint density at radius 1 is 1.15 bits per heavy atom. The minimum atomic E-state index is 0.0357. The summed E-state index contributed by atoms with van der Waals surface area (Å²) in [6.07, 6.45) is 3.33. The van der Waals surface area contributed by atoms with Crippen LogP contribution < -0.4 is 10.1 Å². The molecule has 2 saturated heterocycles. The van der Waals surface area contributed by atoms with Crippen LogP contribution in [0.1, 0.15) is 25.3 Å². The van der Waals surface area contributed by atoms with Gasteiger partial charge in [0.1, 0.15) is 12.4 Å². The number of likely N-dealkylation sites (tertiary alicyclic amines) is 1. The van der Waals surface area contributed by atoms with Crippen molar-refractivity contribution >= 4 is 6.03 Å². The van der Waals surface area contributed by atoms with E-state index in [0.717, 1.165) is 64.3 Å². The van der Waals surface area contributed by atoms with Crippen LogP contribution in [0.4, 0.5) is 4.79 Å². The van der Waals surface area contributed by atoms with E-state index in [4.69, 9.17) is 4.74 Å². The Hall–Kier alpha value is -1.79. The van der Waals surface area contributed by atoms with Crippen LogP contribution in [-0.2, 0) is 6.42 Å². The number of nitrogens with one attached hydrogen (secondary N) is 1. The number of piperazine rings is 1. The molecule has 0 spiro atoms. The number of benzene rings is 1. The van der Waals surface area contributed by atoms with Gasteiger partial charge in [-0.25, -0.2) is 4.79 Å². The monoisotopic (exact) mass is 374 g/mol. The van der Waals surface area contributed by atoms with E-state index in [2.05, 4.69) is 41.2 Å². The molecule has 1 atom stereocenters. The molecule has 0 aliphatic carbocycles. The van der Waals surface area contributed by atoms with Crippen molar-refractivity contribution in [2.75, 3.05) is 59.5 Å². The molecule has 2 aliphatic rings. The maximum Gasteiger partial charge on any atom is 0.317 e. The molecule has 1 aromatic rings. The van der Waals surface area contributed by atoms with Crippen molar-refractivity contribution in [1.29, 1.82) is 0 Å². The number of carbonyl (C=O) groups excluding carboxylic acids is 1. The molecule has 0 unspecified atom stereocenters. The molecule has 1 aromatic carbocycles. The van der Waals surface area contributed by atoms with Gasteiger partial charge in [-0.2, -0.15) is 0 Å². The van der Waals surface area contributed by atoms with Gasteiger partial charge in [0.25, 0.3) is 0 Å². The van der Waals surface area contributed by atoms with E-state index < -0.39 is 0 Å². The van der Waals surface area contributed by atoms with Crippen LogP contribution in [0.5, 0.6) is 5.75 Å². The molecule has 2 aliphatic heterocycles. The second-order valence-electron chi connectivity index (χ2n) is 7.70. The third-order valence-electron chi connectivity index (χ3n) is 5.61. The lowest BCUT2D eigenvalue weighted by molar-refractivity contribution is 0.114. The topological polar surface area (TPSA) is 48.1 Å². The number of rotatable bonds is 7. The molecule has 0 saturated carbocycles. The van der Waals surface area contributed by atoms with Crippen molar-refractivity contribution in [1.82, 2.24) is 20.0 Å². The lowest BCUT2D eigenvalue weighted by Crippen LogP contribution is -2.50. The summed E-state index contributed by atoms with van der Waals surface area (Å²) in [7, 11) is 2.17. The Balaban J connectivity index is 1.32. The molecule has 2 amide bonds. The molecule has 6 heteroatoms. The van der Waals surface area contributed by atoms with Crippen molar-refractivity contribution < 1.29 is 9.53 Å². The lowest BCUT2D eigenvalue weighted by Gasteiger charge is -2.36. The molecule has 2 fully saturated rings. The Morgan fingerprint density at radius 2 is 1.89 bits per heavy atom. The largest absolute Gasteiger partial charge is 0.492 e. The molecule has 3 rings (SSSR count). The minimum Gasteiger partial charge on any atom is -0.492 e. The second kappa shape index (κ2) is 9.95. The fourth-order valence-electron chi connectivity index (χ4n) is 3.89. The van der Waals surface area contributed by atoms with Crippen molar-refractivity contribution in [3.8, 4) is 5.75 Å². The van der Waals surface area contributed by atoms with Gasteiger partial charge in [-0.1, -0.05) is 25.5 Å². The number of aryl methyl sites for hydroxylation is 1. The van der Waals surface area contributed by atoms with Gasteiger partial charge in [0.05, 0.1) is 6.54 Å². The average Bonchev–Trinajstić information content (AvgIpc) is 3.17. The highest BCUT2D eigenvalue weighted by atomic mass is 16.5. The van der Waals surface area contributed by atoms with Gasteiger partial charge in [-0.05, 0) is 37.6 Å². The summed E-state index contributed by atoms with van der Waals surface area (Å²) in [5.74, 6) is 0.861. The molecule has 0 aromatic heterocycles. The normalized spacial score (nSPS) is 21.4. The van der Waals surface area contributed by atoms with Gasteiger partial charge in [0, 0.05) is 45.3 Å². The van der Waals surface area contributed by atoms with E-state index in [-0.39, 0.29) is 6.03 Å². The van der Waals surface area contributed by atoms with Gasteiger partial charge < -0.3 is 19.9 Å². The predicted octanol–water partition coefficient (Wildman–Crippen LogP) is 2.05. The van der Waals surface area contributed by atoms with E-state index in [1.807, 2.05) is 17.0 Å². The highest BCUT2D eigenvalue weighted by Crippen LogP contribution is 2.17. The first kappa shape index (κ1) is 20.0. The van der Waals surface area contributed by atoms with Crippen LogP contribution in [0.25, 0.3) is 0 Å². The highest BCUT2D eigenvalue weighted by molar-refractivity contribution is 5.74. The molecule has 6 nitrogen and oxygen atoms in total. The van der Waals surface area contributed by atoms with Crippen LogP contribution >= 0.6 is 0 Å². The van der Waals surface area contributed by atoms with Crippen LogP contribution in [-0.4, -0.2) is 86.2 Å². The third-order valence-corrected chi connectivity index (χ3v) is 5.61. The number of likely N-dealkylation sites (N-methyl/N-ethyl adjacent to an activating group) is 1. The summed E-state index contributed by atoms with van der Waals surface area (Å²) >= 11 is 0. The number of ether oxygens (including phenoxy) is 1. The number of amides is 2. The number of carbonyl (C=O) groups is 1. The molecule has 150 valence electrons. The molecular weight excluding hydrogens is 340 g/mol. The number of urea groups is 1. The molecule has 1 N–H and O–H groups in total. The average molecular weight is 375 g/mol. The smallest absolute Gasteiger partial charge is 0.317 e. The molecule has 0 radical (unpaired) electrons. The summed E-state index contributed by atoms with van der Waals surface area (Å²) in [5, 5.41) is 2.99. The maximum atomic E-state index is 12.4. The van der Waals surface area contributed by atoms with Crippen LogP contribution in [0.15, 0.2) is 24.3 Å². The first-order valence-corrected chi connectivity index (χ1v) is 10.3. The van der Waals surface area contributed by atoms with E-state index >= 15 is 0 Å². The zero-order chi connectivity index (χ0) is 19.1. The summed E-state index contributed by atoms with van der Waals surface area (Å²) in [5.41, 5.74) is 1.34. The minimum absolute atomic E-state index is 0.0357. The zero-order valence-electron chi connectivity index (χ0n) is 16.8. The van der Waals surface area contributed by atoms with Crippen LogP contribution in [0.3, 0.4) is 0 Å². The Kier molecular flexibility index (Phi) is 7.35. The standard InChI is InChI=1S/C21H34N4O2/c1-3-4-18-5-7-20(8-6-18)27-16-10-22-21(26)25-11-9-19(17-25)24-14-12-23(2)13-15-24/h5-8,19H,3-4,9-17H2,1-2H3,(H,22,26)/t19-/m1/s1. The van der Waals surface area contributed by atoms with Gasteiger partial charge in [-0.3, -0.25) is 4.90 Å². The number of hydrogen-bond acceptors (Lipinski definition) is 4. The third kappa shape index (κ3) is 5.84.